The summed E-state index contributed by atoms with van der Waals surface area (Å²) in [6.45, 7) is 8.66. The molecular weight excluding hydrogens is 322 g/mol. The van der Waals surface area contributed by atoms with Gasteiger partial charge in [-0.1, -0.05) is 54.8 Å². The van der Waals surface area contributed by atoms with Crippen molar-refractivity contribution in [1.29, 1.82) is 0 Å². The number of hydrogen-bond acceptors (Lipinski definition) is 3. The Labute approximate surface area is 155 Å². The van der Waals surface area contributed by atoms with Crippen LogP contribution in [0.5, 0.6) is 0 Å². The molecule has 0 fully saturated rings. The third-order valence-corrected chi connectivity index (χ3v) is 4.55. The van der Waals surface area contributed by atoms with Gasteiger partial charge in [-0.05, 0) is 44.9 Å². The molecule has 3 nitrogen and oxygen atoms in total. The van der Waals surface area contributed by atoms with Crippen molar-refractivity contribution < 1.29 is 9.53 Å². The number of aromatic nitrogens is 1. The van der Waals surface area contributed by atoms with Gasteiger partial charge in [0.15, 0.2) is 0 Å². The van der Waals surface area contributed by atoms with Crippen LogP contribution in [0.25, 0.3) is 22.2 Å². The molecule has 134 valence electrons. The van der Waals surface area contributed by atoms with E-state index in [9.17, 15) is 4.79 Å². The fourth-order valence-electron chi connectivity index (χ4n) is 3.11. The first-order chi connectivity index (χ1) is 12.5. The number of ether oxygens (including phenoxy) is 1. The SMILES string of the molecule is CCCCOC(=O)c1cc(-c2ccc(C)cc2)nc2c(C)cc(C)cc12. The Morgan fingerprint density at radius 2 is 1.73 bits per heavy atom. The lowest BCUT2D eigenvalue weighted by atomic mass is 9.99. The Balaban J connectivity index is 2.16. The highest BCUT2D eigenvalue weighted by molar-refractivity contribution is 6.05. The topological polar surface area (TPSA) is 39.2 Å². The number of hydrogen-bond donors (Lipinski definition) is 0. The van der Waals surface area contributed by atoms with Crippen LogP contribution in [0.2, 0.25) is 0 Å². The van der Waals surface area contributed by atoms with Crippen LogP contribution in [-0.4, -0.2) is 17.6 Å². The number of fused-ring (bicyclic) bond motifs is 1. The molecule has 0 aliphatic heterocycles. The van der Waals surface area contributed by atoms with E-state index < -0.39 is 0 Å². The molecule has 0 N–H and O–H groups in total. The first-order valence-electron chi connectivity index (χ1n) is 9.15. The monoisotopic (exact) mass is 347 g/mol. The van der Waals surface area contributed by atoms with Crippen molar-refractivity contribution in [2.24, 2.45) is 0 Å². The van der Waals surface area contributed by atoms with E-state index in [1.807, 2.05) is 38.1 Å². The van der Waals surface area contributed by atoms with E-state index in [0.717, 1.165) is 46.1 Å². The van der Waals surface area contributed by atoms with Crippen molar-refractivity contribution in [1.82, 2.24) is 4.98 Å². The number of benzene rings is 2. The summed E-state index contributed by atoms with van der Waals surface area (Å²) in [5.74, 6) is -0.274. The van der Waals surface area contributed by atoms with Crippen LogP contribution in [0.1, 0.15) is 46.8 Å². The zero-order valence-electron chi connectivity index (χ0n) is 15.9. The van der Waals surface area contributed by atoms with Gasteiger partial charge in [-0.15, -0.1) is 0 Å². The standard InChI is InChI=1S/C23H25NO2/c1-5-6-11-26-23(25)20-14-21(18-9-7-15(2)8-10-18)24-22-17(4)12-16(3)13-19(20)22/h7-10,12-14H,5-6,11H2,1-4H3. The van der Waals surface area contributed by atoms with Crippen molar-refractivity contribution in [3.63, 3.8) is 0 Å². The van der Waals surface area contributed by atoms with Crippen LogP contribution in [-0.2, 0) is 4.74 Å². The number of nitrogens with zero attached hydrogens (tertiary/aromatic N) is 1. The molecule has 0 aliphatic carbocycles. The molecule has 3 aromatic rings. The summed E-state index contributed by atoms with van der Waals surface area (Å²) in [6.07, 6.45) is 1.87. The molecule has 3 heteroatoms. The first kappa shape index (κ1) is 18.1. The number of rotatable bonds is 5. The Kier molecular flexibility index (Phi) is 5.36. The predicted molar refractivity (Wildman–Crippen MR) is 107 cm³/mol. The summed E-state index contributed by atoms with van der Waals surface area (Å²) in [5, 5.41) is 0.861. The summed E-state index contributed by atoms with van der Waals surface area (Å²) in [7, 11) is 0. The molecule has 26 heavy (non-hydrogen) atoms. The summed E-state index contributed by atoms with van der Waals surface area (Å²) in [4.78, 5) is 17.6. The molecule has 0 bridgehead atoms. The highest BCUT2D eigenvalue weighted by Gasteiger charge is 2.17. The summed E-state index contributed by atoms with van der Waals surface area (Å²) in [6, 6.07) is 14.2. The van der Waals surface area contributed by atoms with E-state index in [-0.39, 0.29) is 5.97 Å². The third kappa shape index (κ3) is 3.77. The molecule has 0 aliphatic rings. The van der Waals surface area contributed by atoms with Gasteiger partial charge < -0.3 is 4.74 Å². The van der Waals surface area contributed by atoms with Crippen molar-refractivity contribution >= 4 is 16.9 Å². The predicted octanol–water partition coefficient (Wildman–Crippen LogP) is 5.78. The van der Waals surface area contributed by atoms with E-state index in [2.05, 4.69) is 32.0 Å². The number of unbranched alkanes of at least 4 members (excludes halogenated alkanes) is 1. The van der Waals surface area contributed by atoms with Gasteiger partial charge in [0.25, 0.3) is 0 Å². The van der Waals surface area contributed by atoms with Gasteiger partial charge in [0.05, 0.1) is 23.4 Å². The normalized spacial score (nSPS) is 10.9. The van der Waals surface area contributed by atoms with Crippen LogP contribution in [0.15, 0.2) is 42.5 Å². The second kappa shape index (κ2) is 7.69. The van der Waals surface area contributed by atoms with E-state index in [4.69, 9.17) is 9.72 Å². The second-order valence-corrected chi connectivity index (χ2v) is 6.89. The molecule has 3 rings (SSSR count). The third-order valence-electron chi connectivity index (χ3n) is 4.55. The molecule has 0 spiro atoms. The number of pyridine rings is 1. The molecule has 0 amide bonds. The fourth-order valence-corrected chi connectivity index (χ4v) is 3.11. The van der Waals surface area contributed by atoms with Gasteiger partial charge in [-0.3, -0.25) is 0 Å². The van der Waals surface area contributed by atoms with Crippen LogP contribution in [0.3, 0.4) is 0 Å². The van der Waals surface area contributed by atoms with Gasteiger partial charge >= 0.3 is 5.97 Å². The fraction of sp³-hybridized carbons (Fsp3) is 0.304. The quantitative estimate of drug-likeness (QED) is 0.433. The Morgan fingerprint density at radius 3 is 2.42 bits per heavy atom. The minimum Gasteiger partial charge on any atom is -0.462 e. The maximum atomic E-state index is 12.7. The van der Waals surface area contributed by atoms with Crippen molar-refractivity contribution in [2.45, 2.75) is 40.5 Å². The lowest BCUT2D eigenvalue weighted by Crippen LogP contribution is -2.08. The van der Waals surface area contributed by atoms with Crippen LogP contribution >= 0.6 is 0 Å². The van der Waals surface area contributed by atoms with Crippen molar-refractivity contribution in [3.8, 4) is 11.3 Å². The molecule has 0 radical (unpaired) electrons. The van der Waals surface area contributed by atoms with Crippen LogP contribution in [0, 0.1) is 20.8 Å². The molecule has 0 saturated carbocycles. The molecule has 0 unspecified atom stereocenters. The zero-order valence-corrected chi connectivity index (χ0v) is 15.9. The smallest absolute Gasteiger partial charge is 0.338 e. The maximum absolute atomic E-state index is 12.7. The average molecular weight is 347 g/mol. The van der Waals surface area contributed by atoms with Crippen molar-refractivity contribution in [3.05, 3.63) is 64.7 Å². The molecule has 2 aromatic carbocycles. The zero-order chi connectivity index (χ0) is 18.7. The summed E-state index contributed by atoms with van der Waals surface area (Å²) >= 11 is 0. The van der Waals surface area contributed by atoms with E-state index in [1.165, 1.54) is 5.56 Å². The Bertz CT molecular complexity index is 943. The lowest BCUT2D eigenvalue weighted by molar-refractivity contribution is 0.0502. The van der Waals surface area contributed by atoms with Gasteiger partial charge in [0.2, 0.25) is 0 Å². The Hall–Kier alpha value is -2.68. The average Bonchev–Trinajstić information content (AvgIpc) is 2.62. The van der Waals surface area contributed by atoms with Crippen molar-refractivity contribution in [2.75, 3.05) is 6.61 Å². The summed E-state index contributed by atoms with van der Waals surface area (Å²) in [5.41, 5.74) is 6.62. The highest BCUT2D eigenvalue weighted by Crippen LogP contribution is 2.28. The maximum Gasteiger partial charge on any atom is 0.338 e. The minimum atomic E-state index is -0.274. The first-order valence-corrected chi connectivity index (χ1v) is 9.15. The largest absolute Gasteiger partial charge is 0.462 e. The molecule has 1 aromatic heterocycles. The van der Waals surface area contributed by atoms with E-state index in [1.54, 1.807) is 0 Å². The lowest BCUT2D eigenvalue weighted by Gasteiger charge is -2.12. The number of carbonyl (C=O) groups excluding carboxylic acids is 1. The van der Waals surface area contributed by atoms with E-state index in [0.29, 0.717) is 12.2 Å². The highest BCUT2D eigenvalue weighted by atomic mass is 16.5. The number of carbonyl (C=O) groups is 1. The molecule has 0 saturated heterocycles. The number of aryl methyl sites for hydroxylation is 3. The number of esters is 1. The van der Waals surface area contributed by atoms with Gasteiger partial charge in [-0.2, -0.15) is 0 Å². The summed E-state index contributed by atoms with van der Waals surface area (Å²) < 4.78 is 5.50. The van der Waals surface area contributed by atoms with E-state index >= 15 is 0 Å². The van der Waals surface area contributed by atoms with Gasteiger partial charge in [-0.25, -0.2) is 9.78 Å². The van der Waals surface area contributed by atoms with Gasteiger partial charge in [0.1, 0.15) is 0 Å². The molecule has 0 atom stereocenters. The Morgan fingerprint density at radius 1 is 1.00 bits per heavy atom. The minimum absolute atomic E-state index is 0.274. The molecular formula is C23H25NO2. The van der Waals surface area contributed by atoms with Gasteiger partial charge in [0, 0.05) is 10.9 Å². The second-order valence-electron chi connectivity index (χ2n) is 6.89. The van der Waals surface area contributed by atoms with Crippen LogP contribution < -0.4 is 0 Å². The van der Waals surface area contributed by atoms with Crippen LogP contribution in [0.4, 0.5) is 0 Å². The molecule has 1 heterocycles.